The highest BCUT2D eigenvalue weighted by molar-refractivity contribution is 9.10. The molecule has 32 heavy (non-hydrogen) atoms. The zero-order valence-corrected chi connectivity index (χ0v) is 18.9. The van der Waals surface area contributed by atoms with E-state index < -0.39 is 23.2 Å². The zero-order valence-electron chi connectivity index (χ0n) is 17.3. The molecule has 0 aliphatic carbocycles. The van der Waals surface area contributed by atoms with Gasteiger partial charge in [0.05, 0.1) is 18.3 Å². The molecule has 1 aliphatic heterocycles. The second-order valence-electron chi connectivity index (χ2n) is 7.44. The molecule has 2 N–H and O–H groups in total. The molecule has 0 radical (unpaired) electrons. The summed E-state index contributed by atoms with van der Waals surface area (Å²) >= 11 is 3.40. The minimum absolute atomic E-state index is 0.0797. The van der Waals surface area contributed by atoms with Crippen molar-refractivity contribution >= 4 is 27.5 Å². The van der Waals surface area contributed by atoms with Crippen molar-refractivity contribution in [3.05, 3.63) is 96.6 Å². The molecule has 0 bridgehead atoms. The van der Waals surface area contributed by atoms with Crippen LogP contribution >= 0.6 is 15.9 Å². The number of hydrogen-bond donors (Lipinski definition) is 2. The number of H-pyrrole nitrogens is 1. The number of hydrogen-bond acceptors (Lipinski definition) is 5. The van der Waals surface area contributed by atoms with Gasteiger partial charge in [0.1, 0.15) is 5.56 Å². The van der Waals surface area contributed by atoms with Crippen molar-refractivity contribution < 1.29 is 9.90 Å². The van der Waals surface area contributed by atoms with Crippen molar-refractivity contribution in [3.63, 3.8) is 0 Å². The number of aromatic amines is 1. The third kappa shape index (κ3) is 4.16. The Morgan fingerprint density at radius 3 is 2.50 bits per heavy atom. The molecule has 0 saturated carbocycles. The van der Waals surface area contributed by atoms with Gasteiger partial charge in [-0.3, -0.25) is 19.1 Å². The number of amides is 1. The van der Waals surface area contributed by atoms with Crippen LogP contribution in [0, 0.1) is 0 Å². The average Bonchev–Trinajstić information content (AvgIpc) is 3.22. The Balaban J connectivity index is 1.77. The normalized spacial score (nSPS) is 15.6. The largest absolute Gasteiger partial charge is 0.494 e. The highest BCUT2D eigenvalue weighted by Crippen LogP contribution is 2.34. The van der Waals surface area contributed by atoms with Crippen molar-refractivity contribution in [3.8, 4) is 5.88 Å². The Bertz CT molecular complexity index is 1300. The van der Waals surface area contributed by atoms with Crippen LogP contribution in [0.2, 0.25) is 0 Å². The number of nitrogens with zero attached hydrogens (tertiary/aromatic N) is 3. The van der Waals surface area contributed by atoms with Gasteiger partial charge in [-0.05, 0) is 23.3 Å². The van der Waals surface area contributed by atoms with E-state index in [0.717, 1.165) is 20.2 Å². The molecule has 1 aromatic heterocycles. The van der Waals surface area contributed by atoms with Gasteiger partial charge in [-0.25, -0.2) is 9.80 Å². The number of aromatic nitrogens is 2. The number of hydrazone groups is 1. The first-order chi connectivity index (χ1) is 15.4. The molecule has 0 spiro atoms. The topological polar surface area (TPSA) is 108 Å². The summed E-state index contributed by atoms with van der Waals surface area (Å²) in [6.07, 6.45) is 0.465. The number of rotatable bonds is 5. The molecular formula is C23H21BrN4O4. The summed E-state index contributed by atoms with van der Waals surface area (Å²) in [6.45, 7) is 1.81. The Kier molecular flexibility index (Phi) is 6.09. The molecule has 8 nitrogen and oxygen atoms in total. The molecule has 1 aliphatic rings. The number of benzene rings is 2. The lowest BCUT2D eigenvalue weighted by Crippen LogP contribution is -2.34. The second kappa shape index (κ2) is 8.96. The van der Waals surface area contributed by atoms with Gasteiger partial charge >= 0.3 is 5.69 Å². The van der Waals surface area contributed by atoms with E-state index in [9.17, 15) is 19.5 Å². The van der Waals surface area contributed by atoms with Gasteiger partial charge in [0.15, 0.2) is 0 Å². The third-order valence-corrected chi connectivity index (χ3v) is 5.90. The summed E-state index contributed by atoms with van der Waals surface area (Å²) in [5.41, 5.74) is 0.323. The maximum atomic E-state index is 12.7. The first kappa shape index (κ1) is 21.8. The Hall–Kier alpha value is -3.46. The maximum Gasteiger partial charge on any atom is 0.331 e. The highest BCUT2D eigenvalue weighted by Gasteiger charge is 2.35. The van der Waals surface area contributed by atoms with Gasteiger partial charge in [0, 0.05) is 17.3 Å². The van der Waals surface area contributed by atoms with E-state index in [1.807, 2.05) is 54.6 Å². The molecule has 1 atom stereocenters. The fourth-order valence-corrected chi connectivity index (χ4v) is 3.99. The monoisotopic (exact) mass is 496 g/mol. The molecule has 9 heteroatoms. The lowest BCUT2D eigenvalue weighted by atomic mass is 9.99. The smallest absolute Gasteiger partial charge is 0.331 e. The first-order valence-corrected chi connectivity index (χ1v) is 10.9. The molecule has 0 saturated heterocycles. The molecule has 3 aromatic rings. The molecule has 164 valence electrons. The number of carbonyl (C=O) groups is 1. The summed E-state index contributed by atoms with van der Waals surface area (Å²) in [7, 11) is 0. The SMILES string of the molecule is CCC(=O)N1N=C(c2c(O)n(Cc3ccccc3)c(=O)[nH]c2=O)C[C@@H]1c1ccc(Br)cc1. The molecule has 2 aromatic carbocycles. The summed E-state index contributed by atoms with van der Waals surface area (Å²) in [5.74, 6) is -0.678. The third-order valence-electron chi connectivity index (χ3n) is 5.37. The van der Waals surface area contributed by atoms with Crippen molar-refractivity contribution in [1.82, 2.24) is 14.6 Å². The highest BCUT2D eigenvalue weighted by atomic mass is 79.9. The van der Waals surface area contributed by atoms with Crippen molar-refractivity contribution in [2.75, 3.05) is 0 Å². The van der Waals surface area contributed by atoms with E-state index in [-0.39, 0.29) is 36.6 Å². The summed E-state index contributed by atoms with van der Waals surface area (Å²) in [5, 5.41) is 16.7. The fourth-order valence-electron chi connectivity index (χ4n) is 3.73. The van der Waals surface area contributed by atoms with Crippen LogP contribution in [0.5, 0.6) is 5.88 Å². The molecule has 0 unspecified atom stereocenters. The van der Waals surface area contributed by atoms with E-state index in [4.69, 9.17) is 0 Å². The van der Waals surface area contributed by atoms with Crippen LogP contribution in [0.4, 0.5) is 0 Å². The number of halogens is 1. The fraction of sp³-hybridized carbons (Fsp3) is 0.217. The summed E-state index contributed by atoms with van der Waals surface area (Å²) in [4.78, 5) is 39.9. The maximum absolute atomic E-state index is 12.7. The van der Waals surface area contributed by atoms with Gasteiger partial charge in [0.25, 0.3) is 5.56 Å². The lowest BCUT2D eigenvalue weighted by Gasteiger charge is -2.21. The molecule has 0 fully saturated rings. The van der Waals surface area contributed by atoms with Crippen LogP contribution in [0.25, 0.3) is 0 Å². The first-order valence-electron chi connectivity index (χ1n) is 10.1. The number of carbonyl (C=O) groups excluding carboxylic acids is 1. The molecular weight excluding hydrogens is 476 g/mol. The van der Waals surface area contributed by atoms with Crippen molar-refractivity contribution in [2.24, 2.45) is 5.10 Å². The number of nitrogens with one attached hydrogen (secondary N) is 1. The van der Waals surface area contributed by atoms with Gasteiger partial charge < -0.3 is 5.11 Å². The van der Waals surface area contributed by atoms with Crippen LogP contribution < -0.4 is 11.2 Å². The van der Waals surface area contributed by atoms with Gasteiger partial charge in [-0.15, -0.1) is 0 Å². The van der Waals surface area contributed by atoms with E-state index in [1.54, 1.807) is 6.92 Å². The van der Waals surface area contributed by atoms with Crippen LogP contribution in [-0.2, 0) is 11.3 Å². The van der Waals surface area contributed by atoms with Gasteiger partial charge in [-0.2, -0.15) is 5.10 Å². The van der Waals surface area contributed by atoms with Crippen LogP contribution in [0.3, 0.4) is 0 Å². The zero-order chi connectivity index (χ0) is 22.8. The Morgan fingerprint density at radius 1 is 1.16 bits per heavy atom. The van der Waals surface area contributed by atoms with Gasteiger partial charge in [-0.1, -0.05) is 65.3 Å². The number of aromatic hydroxyl groups is 1. The average molecular weight is 497 g/mol. The molecule has 2 heterocycles. The molecule has 1 amide bonds. The predicted molar refractivity (Wildman–Crippen MR) is 124 cm³/mol. The van der Waals surface area contributed by atoms with Crippen LogP contribution in [0.15, 0.2) is 73.8 Å². The minimum Gasteiger partial charge on any atom is -0.494 e. The Morgan fingerprint density at radius 2 is 1.84 bits per heavy atom. The minimum atomic E-state index is -0.740. The van der Waals surface area contributed by atoms with Crippen LogP contribution in [-0.4, -0.2) is 31.3 Å². The predicted octanol–water partition coefficient (Wildman–Crippen LogP) is 3.14. The summed E-state index contributed by atoms with van der Waals surface area (Å²) < 4.78 is 1.99. The second-order valence-corrected chi connectivity index (χ2v) is 8.36. The van der Waals surface area contributed by atoms with Crippen molar-refractivity contribution in [1.29, 1.82) is 0 Å². The van der Waals surface area contributed by atoms with E-state index in [2.05, 4.69) is 26.0 Å². The Labute approximate surface area is 192 Å². The molecule has 4 rings (SSSR count). The van der Waals surface area contributed by atoms with E-state index in [1.165, 1.54) is 5.01 Å². The lowest BCUT2D eigenvalue weighted by molar-refractivity contribution is -0.132. The van der Waals surface area contributed by atoms with Crippen LogP contribution in [0.1, 0.15) is 42.5 Å². The van der Waals surface area contributed by atoms with Gasteiger partial charge in [0.2, 0.25) is 11.8 Å². The summed E-state index contributed by atoms with van der Waals surface area (Å²) in [6, 6.07) is 16.2. The van der Waals surface area contributed by atoms with E-state index >= 15 is 0 Å². The standard InChI is InChI=1S/C23H21BrN4O4/c1-2-19(29)28-18(15-8-10-16(24)11-9-15)12-17(26-28)20-21(30)25-23(32)27(22(20)31)13-14-6-4-3-5-7-14/h3-11,18,31H,2,12-13H2,1H3,(H,25,30,32)/t18-/m1/s1. The quantitative estimate of drug-likeness (QED) is 0.565. The van der Waals surface area contributed by atoms with Crippen molar-refractivity contribution in [2.45, 2.75) is 32.4 Å². The van der Waals surface area contributed by atoms with E-state index in [0.29, 0.717) is 0 Å².